The van der Waals surface area contributed by atoms with Crippen molar-refractivity contribution in [1.82, 2.24) is 9.47 Å². The Morgan fingerprint density at radius 2 is 2.21 bits per heavy atom. The second-order valence-corrected chi connectivity index (χ2v) is 6.13. The van der Waals surface area contributed by atoms with E-state index in [4.69, 9.17) is 4.42 Å². The molecule has 0 aromatic carbocycles. The molecule has 2 atom stereocenters. The minimum absolute atomic E-state index is 0.0186. The van der Waals surface area contributed by atoms with Gasteiger partial charge in [0.15, 0.2) is 0 Å². The smallest absolute Gasteiger partial charge is 0.250 e. The van der Waals surface area contributed by atoms with Crippen molar-refractivity contribution in [2.45, 2.75) is 44.4 Å². The third-order valence-corrected chi connectivity index (χ3v) is 4.53. The van der Waals surface area contributed by atoms with Gasteiger partial charge in [-0.2, -0.15) is 0 Å². The molecule has 0 aliphatic carbocycles. The fourth-order valence-corrected chi connectivity index (χ4v) is 3.27. The molecule has 0 spiro atoms. The van der Waals surface area contributed by atoms with Gasteiger partial charge in [-0.3, -0.25) is 9.59 Å². The SMILES string of the molecule is O=C(CCn1ccccc1=O)N1CCCC1CC(O)c1ccco1. The van der Waals surface area contributed by atoms with Gasteiger partial charge in [0.2, 0.25) is 5.91 Å². The summed E-state index contributed by atoms with van der Waals surface area (Å²) in [5.74, 6) is 0.560. The lowest BCUT2D eigenvalue weighted by Crippen LogP contribution is -2.37. The van der Waals surface area contributed by atoms with Gasteiger partial charge in [0.25, 0.3) is 5.56 Å². The third-order valence-electron chi connectivity index (χ3n) is 4.53. The molecule has 2 aromatic rings. The predicted octanol–water partition coefficient (Wildman–Crippen LogP) is 1.95. The molecule has 24 heavy (non-hydrogen) atoms. The highest BCUT2D eigenvalue weighted by Gasteiger charge is 2.30. The zero-order valence-electron chi connectivity index (χ0n) is 13.5. The van der Waals surface area contributed by atoms with E-state index >= 15 is 0 Å². The maximum Gasteiger partial charge on any atom is 0.250 e. The molecular weight excluding hydrogens is 308 g/mol. The Kier molecular flexibility index (Phi) is 5.15. The van der Waals surface area contributed by atoms with E-state index in [0.717, 1.165) is 12.8 Å². The highest BCUT2D eigenvalue weighted by atomic mass is 16.4. The van der Waals surface area contributed by atoms with Crippen LogP contribution in [0.5, 0.6) is 0 Å². The van der Waals surface area contributed by atoms with E-state index in [1.807, 2.05) is 4.90 Å². The maximum absolute atomic E-state index is 12.5. The summed E-state index contributed by atoms with van der Waals surface area (Å²) in [7, 11) is 0. The van der Waals surface area contributed by atoms with E-state index < -0.39 is 6.10 Å². The van der Waals surface area contributed by atoms with Crippen molar-refractivity contribution in [3.63, 3.8) is 0 Å². The molecule has 0 radical (unpaired) electrons. The van der Waals surface area contributed by atoms with Gasteiger partial charge in [-0.1, -0.05) is 6.07 Å². The summed E-state index contributed by atoms with van der Waals surface area (Å²) < 4.78 is 6.77. The van der Waals surface area contributed by atoms with Crippen LogP contribution < -0.4 is 5.56 Å². The average molecular weight is 330 g/mol. The maximum atomic E-state index is 12.5. The molecule has 1 fully saturated rings. The van der Waals surface area contributed by atoms with Gasteiger partial charge in [0, 0.05) is 44.2 Å². The minimum Gasteiger partial charge on any atom is -0.467 e. The van der Waals surface area contributed by atoms with E-state index in [9.17, 15) is 14.7 Å². The number of hydrogen-bond acceptors (Lipinski definition) is 4. The van der Waals surface area contributed by atoms with E-state index in [1.54, 1.807) is 35.0 Å². The van der Waals surface area contributed by atoms with Crippen LogP contribution in [0, 0.1) is 0 Å². The molecule has 0 saturated carbocycles. The molecule has 3 heterocycles. The normalized spacial score (nSPS) is 18.7. The highest BCUT2D eigenvalue weighted by Crippen LogP contribution is 2.28. The van der Waals surface area contributed by atoms with E-state index in [1.165, 1.54) is 12.3 Å². The van der Waals surface area contributed by atoms with Crippen LogP contribution in [-0.4, -0.2) is 33.1 Å². The van der Waals surface area contributed by atoms with Crippen molar-refractivity contribution < 1.29 is 14.3 Å². The van der Waals surface area contributed by atoms with Gasteiger partial charge >= 0.3 is 0 Å². The number of aryl methyl sites for hydroxylation is 1. The van der Waals surface area contributed by atoms with Crippen molar-refractivity contribution in [3.05, 3.63) is 58.9 Å². The van der Waals surface area contributed by atoms with Gasteiger partial charge in [0.05, 0.1) is 6.26 Å². The van der Waals surface area contributed by atoms with Gasteiger partial charge in [0.1, 0.15) is 11.9 Å². The lowest BCUT2D eigenvalue weighted by Gasteiger charge is -2.26. The predicted molar refractivity (Wildman–Crippen MR) is 88.3 cm³/mol. The number of rotatable bonds is 6. The highest BCUT2D eigenvalue weighted by molar-refractivity contribution is 5.76. The monoisotopic (exact) mass is 330 g/mol. The first kappa shape index (κ1) is 16.5. The van der Waals surface area contributed by atoms with E-state index in [-0.39, 0.29) is 23.9 Å². The van der Waals surface area contributed by atoms with E-state index in [0.29, 0.717) is 25.3 Å². The molecule has 3 rings (SSSR count). The van der Waals surface area contributed by atoms with Crippen LogP contribution in [0.15, 0.2) is 52.0 Å². The van der Waals surface area contributed by atoms with Crippen LogP contribution in [0.3, 0.4) is 0 Å². The van der Waals surface area contributed by atoms with Crippen molar-refractivity contribution >= 4 is 5.91 Å². The standard InChI is InChI=1S/C18H22N2O4/c21-15(16-6-4-12-24-16)13-14-5-3-10-20(14)18(23)8-11-19-9-2-1-7-17(19)22/h1-2,4,6-7,9,12,14-15,21H,3,5,8,10-11,13H2. The number of furan rings is 1. The Hall–Kier alpha value is -2.34. The summed E-state index contributed by atoms with van der Waals surface area (Å²) in [5.41, 5.74) is -0.100. The first-order valence-corrected chi connectivity index (χ1v) is 8.31. The molecule has 1 aliphatic heterocycles. The molecule has 1 N–H and O–H groups in total. The number of carbonyl (C=O) groups excluding carboxylic acids is 1. The third kappa shape index (κ3) is 3.76. The fourth-order valence-electron chi connectivity index (χ4n) is 3.27. The van der Waals surface area contributed by atoms with Gasteiger partial charge < -0.3 is 19.0 Å². The molecule has 0 bridgehead atoms. The summed E-state index contributed by atoms with van der Waals surface area (Å²) in [6.45, 7) is 1.08. The number of aromatic nitrogens is 1. The Balaban J connectivity index is 1.57. The Morgan fingerprint density at radius 1 is 1.33 bits per heavy atom. The molecule has 128 valence electrons. The lowest BCUT2D eigenvalue weighted by atomic mass is 10.0. The van der Waals surface area contributed by atoms with Crippen LogP contribution >= 0.6 is 0 Å². The van der Waals surface area contributed by atoms with Gasteiger partial charge in [-0.05, 0) is 31.0 Å². The lowest BCUT2D eigenvalue weighted by molar-refractivity contribution is -0.132. The zero-order valence-corrected chi connectivity index (χ0v) is 13.5. The molecule has 1 aliphatic rings. The molecule has 1 amide bonds. The zero-order chi connectivity index (χ0) is 16.9. The fraction of sp³-hybridized carbons (Fsp3) is 0.444. The largest absolute Gasteiger partial charge is 0.467 e. The van der Waals surface area contributed by atoms with Crippen LogP contribution in [0.1, 0.15) is 37.5 Å². The second-order valence-electron chi connectivity index (χ2n) is 6.13. The quantitative estimate of drug-likeness (QED) is 0.878. The number of likely N-dealkylation sites (tertiary alicyclic amines) is 1. The number of aliphatic hydroxyl groups excluding tert-OH is 1. The van der Waals surface area contributed by atoms with Crippen molar-refractivity contribution in [2.75, 3.05) is 6.54 Å². The molecule has 6 heteroatoms. The first-order chi connectivity index (χ1) is 11.6. The topological polar surface area (TPSA) is 75.7 Å². The van der Waals surface area contributed by atoms with E-state index in [2.05, 4.69) is 0 Å². The first-order valence-electron chi connectivity index (χ1n) is 8.31. The van der Waals surface area contributed by atoms with Crippen molar-refractivity contribution in [3.8, 4) is 0 Å². The molecule has 2 unspecified atom stereocenters. The number of hydrogen-bond donors (Lipinski definition) is 1. The van der Waals surface area contributed by atoms with Gasteiger partial charge in [-0.15, -0.1) is 0 Å². The molecule has 2 aromatic heterocycles. The van der Waals surface area contributed by atoms with Crippen molar-refractivity contribution in [2.24, 2.45) is 0 Å². The summed E-state index contributed by atoms with van der Waals surface area (Å²) >= 11 is 0. The number of pyridine rings is 1. The summed E-state index contributed by atoms with van der Waals surface area (Å²) in [6.07, 6.45) is 5.12. The van der Waals surface area contributed by atoms with Crippen LogP contribution in [0.25, 0.3) is 0 Å². The number of carbonyl (C=O) groups is 1. The molecular formula is C18H22N2O4. The Labute approximate surface area is 140 Å². The summed E-state index contributed by atoms with van der Waals surface area (Å²) in [4.78, 5) is 26.0. The van der Waals surface area contributed by atoms with Crippen molar-refractivity contribution in [1.29, 1.82) is 0 Å². The summed E-state index contributed by atoms with van der Waals surface area (Å²) in [6, 6.07) is 8.46. The minimum atomic E-state index is -0.699. The van der Waals surface area contributed by atoms with Crippen LogP contribution in [0.4, 0.5) is 0 Å². The second kappa shape index (κ2) is 7.49. The van der Waals surface area contributed by atoms with Crippen LogP contribution in [-0.2, 0) is 11.3 Å². The Bertz CT molecular complexity index is 723. The van der Waals surface area contributed by atoms with Gasteiger partial charge in [-0.25, -0.2) is 0 Å². The number of amides is 1. The molecule has 1 saturated heterocycles. The Morgan fingerprint density at radius 3 is 2.96 bits per heavy atom. The summed E-state index contributed by atoms with van der Waals surface area (Å²) in [5, 5.41) is 10.2. The average Bonchev–Trinajstić information content (AvgIpc) is 3.25. The van der Waals surface area contributed by atoms with Crippen LogP contribution in [0.2, 0.25) is 0 Å². The number of aliphatic hydroxyl groups is 1. The molecule has 6 nitrogen and oxygen atoms in total. The number of nitrogens with zero attached hydrogens (tertiary/aromatic N) is 2.